The Morgan fingerprint density at radius 3 is 2.63 bits per heavy atom. The molecule has 1 aromatic rings. The van der Waals surface area contributed by atoms with Crippen LogP contribution in [0.1, 0.15) is 43.4 Å². The van der Waals surface area contributed by atoms with Crippen LogP contribution in [0.5, 0.6) is 0 Å². The van der Waals surface area contributed by atoms with Crippen LogP contribution in [0.15, 0.2) is 24.3 Å². The van der Waals surface area contributed by atoms with Crippen LogP contribution in [0, 0.1) is 12.8 Å². The Hall–Kier alpha value is -0.860. The molecular weight excluding hydrogens is 232 g/mol. The van der Waals surface area contributed by atoms with Crippen molar-refractivity contribution in [3.63, 3.8) is 0 Å². The van der Waals surface area contributed by atoms with E-state index in [1.54, 1.807) is 0 Å². The van der Waals surface area contributed by atoms with E-state index < -0.39 is 0 Å². The van der Waals surface area contributed by atoms with E-state index >= 15 is 0 Å². The number of rotatable bonds is 7. The predicted molar refractivity (Wildman–Crippen MR) is 82.4 cm³/mol. The SMILES string of the molecule is CCNC(CN(C)CC1CCC1)c1ccccc1C. The van der Waals surface area contributed by atoms with Crippen molar-refractivity contribution in [3.05, 3.63) is 35.4 Å². The number of aryl methyl sites for hydroxylation is 1. The lowest BCUT2D eigenvalue weighted by Crippen LogP contribution is -2.37. The lowest BCUT2D eigenvalue weighted by molar-refractivity contribution is 0.192. The summed E-state index contributed by atoms with van der Waals surface area (Å²) in [6, 6.07) is 9.21. The van der Waals surface area contributed by atoms with Gasteiger partial charge in [0, 0.05) is 19.1 Å². The van der Waals surface area contributed by atoms with E-state index in [1.807, 2.05) is 0 Å². The minimum Gasteiger partial charge on any atom is -0.309 e. The van der Waals surface area contributed by atoms with E-state index in [9.17, 15) is 0 Å². The van der Waals surface area contributed by atoms with Crippen molar-refractivity contribution in [3.8, 4) is 0 Å². The number of likely N-dealkylation sites (N-methyl/N-ethyl adjacent to an activating group) is 2. The number of hydrogen-bond donors (Lipinski definition) is 1. The van der Waals surface area contributed by atoms with Gasteiger partial charge >= 0.3 is 0 Å². The number of hydrogen-bond acceptors (Lipinski definition) is 2. The summed E-state index contributed by atoms with van der Waals surface area (Å²) < 4.78 is 0. The highest BCUT2D eigenvalue weighted by molar-refractivity contribution is 5.29. The Morgan fingerprint density at radius 1 is 1.32 bits per heavy atom. The zero-order valence-electron chi connectivity index (χ0n) is 12.7. The van der Waals surface area contributed by atoms with Crippen LogP contribution in [0.3, 0.4) is 0 Å². The molecule has 0 spiro atoms. The molecule has 1 N–H and O–H groups in total. The zero-order valence-corrected chi connectivity index (χ0v) is 12.7. The van der Waals surface area contributed by atoms with Gasteiger partial charge in [-0.2, -0.15) is 0 Å². The van der Waals surface area contributed by atoms with E-state index in [-0.39, 0.29) is 0 Å². The number of benzene rings is 1. The predicted octanol–water partition coefficient (Wildman–Crippen LogP) is 3.38. The number of nitrogens with zero attached hydrogens (tertiary/aromatic N) is 1. The highest BCUT2D eigenvalue weighted by atomic mass is 15.1. The largest absolute Gasteiger partial charge is 0.309 e. The Kier molecular flexibility index (Phi) is 5.41. The van der Waals surface area contributed by atoms with Crippen LogP contribution in [0.2, 0.25) is 0 Å². The van der Waals surface area contributed by atoms with Gasteiger partial charge < -0.3 is 10.2 Å². The summed E-state index contributed by atoms with van der Waals surface area (Å²) in [4.78, 5) is 2.50. The average Bonchev–Trinajstić information content (AvgIpc) is 2.34. The fourth-order valence-electron chi connectivity index (χ4n) is 3.00. The molecule has 2 rings (SSSR count). The Bertz CT molecular complexity index is 385. The Morgan fingerprint density at radius 2 is 2.05 bits per heavy atom. The van der Waals surface area contributed by atoms with Gasteiger partial charge in [-0.1, -0.05) is 37.6 Å². The summed E-state index contributed by atoms with van der Waals surface area (Å²) in [6.45, 7) is 7.79. The van der Waals surface area contributed by atoms with Crippen LogP contribution in [-0.2, 0) is 0 Å². The molecule has 0 saturated heterocycles. The molecule has 2 heteroatoms. The normalized spacial score (nSPS) is 17.5. The first-order valence-electron chi connectivity index (χ1n) is 7.68. The first-order chi connectivity index (χ1) is 9.20. The molecule has 0 radical (unpaired) electrons. The molecule has 106 valence electrons. The Labute approximate surface area is 118 Å². The summed E-state index contributed by atoms with van der Waals surface area (Å²) in [5, 5.41) is 3.64. The van der Waals surface area contributed by atoms with Crippen molar-refractivity contribution in [1.82, 2.24) is 10.2 Å². The molecule has 1 aliphatic rings. The zero-order chi connectivity index (χ0) is 13.7. The van der Waals surface area contributed by atoms with Gasteiger partial charge in [-0.05, 0) is 50.4 Å². The van der Waals surface area contributed by atoms with Gasteiger partial charge in [-0.3, -0.25) is 0 Å². The summed E-state index contributed by atoms with van der Waals surface area (Å²) in [5.41, 5.74) is 2.84. The van der Waals surface area contributed by atoms with Crippen LogP contribution in [0.4, 0.5) is 0 Å². The van der Waals surface area contributed by atoms with Crippen molar-refractivity contribution < 1.29 is 0 Å². The van der Waals surface area contributed by atoms with Gasteiger partial charge in [0.05, 0.1) is 0 Å². The van der Waals surface area contributed by atoms with E-state index in [4.69, 9.17) is 0 Å². The molecule has 1 saturated carbocycles. The van der Waals surface area contributed by atoms with Crippen molar-refractivity contribution in [2.45, 2.75) is 39.2 Å². The second kappa shape index (κ2) is 7.06. The molecule has 1 atom stereocenters. The van der Waals surface area contributed by atoms with Crippen molar-refractivity contribution in [2.75, 3.05) is 26.7 Å². The molecule has 0 aromatic heterocycles. The summed E-state index contributed by atoms with van der Waals surface area (Å²) in [7, 11) is 2.26. The van der Waals surface area contributed by atoms with E-state index in [0.29, 0.717) is 6.04 Å². The monoisotopic (exact) mass is 260 g/mol. The Balaban J connectivity index is 1.96. The number of nitrogens with one attached hydrogen (secondary N) is 1. The summed E-state index contributed by atoms with van der Waals surface area (Å²) in [5.74, 6) is 0.948. The third-order valence-electron chi connectivity index (χ3n) is 4.30. The van der Waals surface area contributed by atoms with Crippen LogP contribution in [0.25, 0.3) is 0 Å². The molecular formula is C17H28N2. The minimum atomic E-state index is 0.455. The average molecular weight is 260 g/mol. The van der Waals surface area contributed by atoms with Crippen LogP contribution >= 0.6 is 0 Å². The van der Waals surface area contributed by atoms with Gasteiger partial charge in [-0.25, -0.2) is 0 Å². The first kappa shape index (κ1) is 14.5. The first-order valence-corrected chi connectivity index (χ1v) is 7.68. The van der Waals surface area contributed by atoms with Gasteiger partial charge in [0.2, 0.25) is 0 Å². The highest BCUT2D eigenvalue weighted by Gasteiger charge is 2.21. The summed E-state index contributed by atoms with van der Waals surface area (Å²) >= 11 is 0. The smallest absolute Gasteiger partial charge is 0.0451 e. The molecule has 1 aliphatic carbocycles. The van der Waals surface area contributed by atoms with Crippen molar-refractivity contribution >= 4 is 0 Å². The fraction of sp³-hybridized carbons (Fsp3) is 0.647. The van der Waals surface area contributed by atoms with Crippen LogP contribution in [-0.4, -0.2) is 31.6 Å². The standard InChI is InChI=1S/C17H28N2/c1-4-18-17(16-11-6-5-8-14(16)2)13-19(3)12-15-9-7-10-15/h5-6,8,11,15,17-18H,4,7,9-10,12-13H2,1-3H3. The van der Waals surface area contributed by atoms with Crippen LogP contribution < -0.4 is 5.32 Å². The van der Waals surface area contributed by atoms with Crippen molar-refractivity contribution in [2.24, 2.45) is 5.92 Å². The lowest BCUT2D eigenvalue weighted by Gasteiger charge is -2.32. The molecule has 0 bridgehead atoms. The van der Waals surface area contributed by atoms with E-state index in [2.05, 4.69) is 55.4 Å². The minimum absolute atomic E-state index is 0.455. The maximum atomic E-state index is 3.64. The van der Waals surface area contributed by atoms with Gasteiger partial charge in [0.25, 0.3) is 0 Å². The molecule has 1 aromatic carbocycles. The highest BCUT2D eigenvalue weighted by Crippen LogP contribution is 2.27. The van der Waals surface area contributed by atoms with E-state index in [1.165, 1.54) is 36.9 Å². The van der Waals surface area contributed by atoms with Gasteiger partial charge in [0.15, 0.2) is 0 Å². The lowest BCUT2D eigenvalue weighted by atomic mass is 9.85. The quantitative estimate of drug-likeness (QED) is 0.808. The summed E-state index contributed by atoms with van der Waals surface area (Å²) in [6.07, 6.45) is 4.30. The maximum Gasteiger partial charge on any atom is 0.0451 e. The molecule has 19 heavy (non-hydrogen) atoms. The second-order valence-electron chi connectivity index (χ2n) is 5.98. The molecule has 0 heterocycles. The third-order valence-corrected chi connectivity index (χ3v) is 4.30. The fourth-order valence-corrected chi connectivity index (χ4v) is 3.00. The molecule has 0 aliphatic heterocycles. The molecule has 0 amide bonds. The molecule has 2 nitrogen and oxygen atoms in total. The molecule has 1 fully saturated rings. The third kappa shape index (κ3) is 4.05. The maximum absolute atomic E-state index is 3.64. The van der Waals surface area contributed by atoms with Crippen molar-refractivity contribution in [1.29, 1.82) is 0 Å². The topological polar surface area (TPSA) is 15.3 Å². The molecule has 1 unspecified atom stereocenters. The van der Waals surface area contributed by atoms with Gasteiger partial charge in [-0.15, -0.1) is 0 Å². The second-order valence-corrected chi connectivity index (χ2v) is 5.98. The van der Waals surface area contributed by atoms with Gasteiger partial charge in [0.1, 0.15) is 0 Å². The van der Waals surface area contributed by atoms with E-state index in [0.717, 1.165) is 19.0 Å².